The first-order valence-electron chi connectivity index (χ1n) is 9.43. The molecule has 3 aromatic rings. The van der Waals surface area contributed by atoms with Crippen LogP contribution in [0.1, 0.15) is 18.1 Å². The molecule has 30 heavy (non-hydrogen) atoms. The summed E-state index contributed by atoms with van der Waals surface area (Å²) >= 11 is 11.3. The molecule has 5 nitrogen and oxygen atoms in total. The summed E-state index contributed by atoms with van der Waals surface area (Å²) < 4.78 is 11.6. The quantitative estimate of drug-likeness (QED) is 0.270. The molecule has 0 saturated carbocycles. The third-order valence-corrected chi connectivity index (χ3v) is 4.39. The molecule has 0 amide bonds. The maximum atomic E-state index is 6.03. The normalized spacial score (nSPS) is 10.6. The molecule has 7 heteroatoms. The van der Waals surface area contributed by atoms with Gasteiger partial charge in [-0.15, -0.1) is 0 Å². The van der Waals surface area contributed by atoms with Gasteiger partial charge < -0.3 is 14.8 Å². The Morgan fingerprint density at radius 2 is 1.83 bits per heavy atom. The van der Waals surface area contributed by atoms with E-state index in [1.165, 1.54) is 0 Å². The SMILES string of the molecule is CCOc1cc(/C=N/NC(=S)Nc2ccccc2)ccc1OCc1cccc(Cl)c1. The highest BCUT2D eigenvalue weighted by atomic mass is 35.5. The molecule has 0 radical (unpaired) electrons. The molecule has 2 N–H and O–H groups in total. The number of para-hydroxylation sites is 1. The van der Waals surface area contributed by atoms with E-state index >= 15 is 0 Å². The number of nitrogens with one attached hydrogen (secondary N) is 2. The van der Waals surface area contributed by atoms with Gasteiger partial charge in [0.2, 0.25) is 0 Å². The minimum Gasteiger partial charge on any atom is -0.490 e. The Kier molecular flexibility index (Phi) is 8.06. The van der Waals surface area contributed by atoms with Crippen molar-refractivity contribution in [1.82, 2.24) is 5.43 Å². The van der Waals surface area contributed by atoms with Crippen LogP contribution in [-0.4, -0.2) is 17.9 Å². The monoisotopic (exact) mass is 439 g/mol. The Hall–Kier alpha value is -3.09. The number of benzene rings is 3. The van der Waals surface area contributed by atoms with Crippen molar-refractivity contribution in [3.8, 4) is 11.5 Å². The maximum absolute atomic E-state index is 6.03. The lowest BCUT2D eigenvalue weighted by molar-refractivity contribution is 0.269. The Balaban J connectivity index is 1.60. The largest absolute Gasteiger partial charge is 0.490 e. The lowest BCUT2D eigenvalue weighted by Gasteiger charge is -2.13. The maximum Gasteiger partial charge on any atom is 0.191 e. The van der Waals surface area contributed by atoms with Crippen LogP contribution in [0.4, 0.5) is 5.69 Å². The van der Waals surface area contributed by atoms with E-state index in [1.54, 1.807) is 6.21 Å². The first-order chi connectivity index (χ1) is 14.6. The van der Waals surface area contributed by atoms with Gasteiger partial charge in [0.15, 0.2) is 16.6 Å². The van der Waals surface area contributed by atoms with Gasteiger partial charge in [0, 0.05) is 10.7 Å². The Morgan fingerprint density at radius 1 is 1.00 bits per heavy atom. The van der Waals surface area contributed by atoms with Crippen molar-refractivity contribution in [3.05, 3.63) is 88.9 Å². The van der Waals surface area contributed by atoms with Crippen molar-refractivity contribution in [2.45, 2.75) is 13.5 Å². The van der Waals surface area contributed by atoms with Crippen molar-refractivity contribution in [1.29, 1.82) is 0 Å². The van der Waals surface area contributed by atoms with Gasteiger partial charge in [-0.25, -0.2) is 0 Å². The Morgan fingerprint density at radius 3 is 2.60 bits per heavy atom. The van der Waals surface area contributed by atoms with E-state index < -0.39 is 0 Å². The van der Waals surface area contributed by atoms with Crippen LogP contribution in [0.25, 0.3) is 0 Å². The first-order valence-corrected chi connectivity index (χ1v) is 10.2. The average Bonchev–Trinajstić information content (AvgIpc) is 2.74. The number of hydrogen-bond donors (Lipinski definition) is 2. The lowest BCUT2D eigenvalue weighted by Crippen LogP contribution is -2.23. The van der Waals surface area contributed by atoms with Gasteiger partial charge in [-0.3, -0.25) is 5.43 Å². The molecular formula is C23H22ClN3O2S. The third kappa shape index (κ3) is 6.76. The van der Waals surface area contributed by atoms with Crippen molar-refractivity contribution < 1.29 is 9.47 Å². The molecule has 0 atom stereocenters. The van der Waals surface area contributed by atoms with Crippen molar-refractivity contribution in [3.63, 3.8) is 0 Å². The molecule has 0 aliphatic carbocycles. The molecule has 0 spiro atoms. The van der Waals surface area contributed by atoms with Crippen LogP contribution in [-0.2, 0) is 6.61 Å². The fourth-order valence-corrected chi connectivity index (χ4v) is 3.01. The number of nitrogens with zero attached hydrogens (tertiary/aromatic N) is 1. The number of hydrogen-bond acceptors (Lipinski definition) is 4. The molecule has 3 aromatic carbocycles. The van der Waals surface area contributed by atoms with Gasteiger partial charge in [0.05, 0.1) is 12.8 Å². The molecule has 0 unspecified atom stereocenters. The predicted molar refractivity (Wildman–Crippen MR) is 127 cm³/mol. The van der Waals surface area contributed by atoms with Gasteiger partial charge in [0.1, 0.15) is 6.61 Å². The van der Waals surface area contributed by atoms with Crippen LogP contribution in [0.3, 0.4) is 0 Å². The molecule has 0 bridgehead atoms. The Bertz CT molecular complexity index is 1010. The Labute approximate surface area is 186 Å². The van der Waals surface area contributed by atoms with Crippen LogP contribution >= 0.6 is 23.8 Å². The fourth-order valence-electron chi connectivity index (χ4n) is 2.63. The number of anilines is 1. The van der Waals surface area contributed by atoms with Crippen molar-refractivity contribution >= 4 is 40.8 Å². The summed E-state index contributed by atoms with van der Waals surface area (Å²) in [6.45, 7) is 2.85. The highest BCUT2D eigenvalue weighted by Gasteiger charge is 2.07. The molecule has 0 fully saturated rings. The summed E-state index contributed by atoms with van der Waals surface area (Å²) in [7, 11) is 0. The van der Waals surface area contributed by atoms with E-state index in [-0.39, 0.29) is 0 Å². The zero-order valence-corrected chi connectivity index (χ0v) is 18.0. The molecule has 0 aliphatic heterocycles. The summed E-state index contributed by atoms with van der Waals surface area (Å²) in [6, 6.07) is 22.8. The van der Waals surface area contributed by atoms with Gasteiger partial charge in [-0.1, -0.05) is 41.9 Å². The molecule has 3 rings (SSSR count). The van der Waals surface area contributed by atoms with Crippen LogP contribution in [0, 0.1) is 0 Å². The summed E-state index contributed by atoms with van der Waals surface area (Å²) in [5, 5.41) is 8.33. The van der Waals surface area contributed by atoms with E-state index in [1.807, 2.05) is 79.7 Å². The smallest absolute Gasteiger partial charge is 0.191 e. The number of rotatable bonds is 8. The fraction of sp³-hybridized carbons (Fsp3) is 0.130. The zero-order chi connectivity index (χ0) is 21.2. The first kappa shape index (κ1) is 21.6. The number of thiocarbonyl (C=S) groups is 1. The van der Waals surface area contributed by atoms with Crippen molar-refractivity contribution in [2.75, 3.05) is 11.9 Å². The molecule has 0 aromatic heterocycles. The van der Waals surface area contributed by atoms with Crippen LogP contribution < -0.4 is 20.2 Å². The van der Waals surface area contributed by atoms with Crippen molar-refractivity contribution in [2.24, 2.45) is 5.10 Å². The van der Waals surface area contributed by atoms with E-state index in [0.717, 1.165) is 16.8 Å². The van der Waals surface area contributed by atoms with E-state index in [9.17, 15) is 0 Å². The second-order valence-electron chi connectivity index (χ2n) is 6.25. The number of halogens is 1. The topological polar surface area (TPSA) is 54.9 Å². The van der Waals surface area contributed by atoms with Gasteiger partial charge in [-0.05, 0) is 72.7 Å². The van der Waals surface area contributed by atoms with E-state index in [4.69, 9.17) is 33.3 Å². The van der Waals surface area contributed by atoms with Gasteiger partial charge in [-0.2, -0.15) is 5.10 Å². The lowest BCUT2D eigenvalue weighted by atomic mass is 10.2. The summed E-state index contributed by atoms with van der Waals surface area (Å²) in [5.74, 6) is 1.30. The standard InChI is InChI=1S/C23H22ClN3O2S/c1-2-28-22-14-17(15-25-27-23(30)26-20-9-4-3-5-10-20)11-12-21(22)29-16-18-7-6-8-19(24)13-18/h3-15H,2,16H2,1H3,(H2,26,27,30)/b25-15+. The molecule has 0 aliphatic rings. The van der Waals surface area contributed by atoms with Gasteiger partial charge in [0.25, 0.3) is 0 Å². The van der Waals surface area contributed by atoms with Gasteiger partial charge >= 0.3 is 0 Å². The minimum absolute atomic E-state index is 0.398. The van der Waals surface area contributed by atoms with E-state index in [0.29, 0.717) is 34.8 Å². The zero-order valence-electron chi connectivity index (χ0n) is 16.5. The second kappa shape index (κ2) is 11.2. The minimum atomic E-state index is 0.398. The van der Waals surface area contributed by atoms with E-state index in [2.05, 4.69) is 15.8 Å². The van der Waals surface area contributed by atoms with Crippen LogP contribution in [0.5, 0.6) is 11.5 Å². The second-order valence-corrected chi connectivity index (χ2v) is 7.09. The summed E-state index contributed by atoms with van der Waals surface area (Å²) in [5.41, 5.74) is 5.53. The highest BCUT2D eigenvalue weighted by Crippen LogP contribution is 2.29. The summed E-state index contributed by atoms with van der Waals surface area (Å²) in [6.07, 6.45) is 1.67. The van der Waals surface area contributed by atoms with Crippen LogP contribution in [0.15, 0.2) is 77.9 Å². The molecule has 154 valence electrons. The predicted octanol–water partition coefficient (Wildman–Crippen LogP) is 5.64. The number of hydrazone groups is 1. The highest BCUT2D eigenvalue weighted by molar-refractivity contribution is 7.80. The molecule has 0 saturated heterocycles. The summed E-state index contributed by atoms with van der Waals surface area (Å²) in [4.78, 5) is 0. The third-order valence-electron chi connectivity index (χ3n) is 3.96. The molecular weight excluding hydrogens is 418 g/mol. The number of ether oxygens (including phenoxy) is 2. The molecule has 0 heterocycles. The van der Waals surface area contributed by atoms with Crippen LogP contribution in [0.2, 0.25) is 5.02 Å². The average molecular weight is 440 g/mol.